The molecule has 124 valence electrons. The van der Waals surface area contributed by atoms with E-state index in [1.54, 1.807) is 19.9 Å². The smallest absolute Gasteiger partial charge is 0.247 e. The van der Waals surface area contributed by atoms with Gasteiger partial charge in [0, 0.05) is 19.2 Å². The maximum absolute atomic E-state index is 12.8. The van der Waals surface area contributed by atoms with E-state index in [1.807, 2.05) is 0 Å². The number of benzene rings is 1. The molecule has 8 heteroatoms. The van der Waals surface area contributed by atoms with Gasteiger partial charge in [-0.25, -0.2) is 8.42 Å². The number of nitrogens with zero attached hydrogens (tertiary/aromatic N) is 1. The van der Waals surface area contributed by atoms with Gasteiger partial charge in [-0.2, -0.15) is 4.31 Å². The highest BCUT2D eigenvalue weighted by Crippen LogP contribution is 2.30. The van der Waals surface area contributed by atoms with Crippen molar-refractivity contribution in [1.29, 1.82) is 0 Å². The number of carbonyl (C=O) groups excluding carboxylic acids is 1. The second-order valence-corrected chi connectivity index (χ2v) is 6.31. The molecule has 0 bridgehead atoms. The first-order valence-electron chi connectivity index (χ1n) is 6.89. The monoisotopic (exact) mass is 330 g/mol. The Hall–Kier alpha value is -1.80. The van der Waals surface area contributed by atoms with Crippen LogP contribution in [0.2, 0.25) is 0 Å². The van der Waals surface area contributed by atoms with Crippen LogP contribution in [0.5, 0.6) is 11.5 Å². The molecule has 7 nitrogen and oxygen atoms in total. The predicted molar refractivity (Wildman–Crippen MR) is 82.7 cm³/mol. The molecule has 0 atom stereocenters. The topological polar surface area (TPSA) is 84.9 Å². The van der Waals surface area contributed by atoms with Crippen LogP contribution in [-0.4, -0.2) is 52.5 Å². The number of sulfonamides is 1. The predicted octanol–water partition coefficient (Wildman–Crippen LogP) is 0.851. The van der Waals surface area contributed by atoms with Crippen LogP contribution in [0.1, 0.15) is 13.8 Å². The normalized spacial score (nSPS) is 11.3. The molecule has 0 aliphatic rings. The molecule has 0 spiro atoms. The van der Waals surface area contributed by atoms with Gasteiger partial charge in [-0.15, -0.1) is 0 Å². The third-order valence-electron chi connectivity index (χ3n) is 3.04. The molecule has 22 heavy (non-hydrogen) atoms. The minimum Gasteiger partial charge on any atom is -0.497 e. The number of hydrogen-bond acceptors (Lipinski definition) is 5. The van der Waals surface area contributed by atoms with Gasteiger partial charge in [0.15, 0.2) is 0 Å². The SMILES string of the molecule is CCNC(=O)CN(CC)S(=O)(=O)c1cc(OC)ccc1OC. The van der Waals surface area contributed by atoms with Crippen molar-refractivity contribution in [2.24, 2.45) is 0 Å². The lowest BCUT2D eigenvalue weighted by Crippen LogP contribution is -2.40. The quantitative estimate of drug-likeness (QED) is 0.764. The zero-order chi connectivity index (χ0) is 16.8. The molecule has 0 aromatic heterocycles. The van der Waals surface area contributed by atoms with E-state index < -0.39 is 10.0 Å². The Balaban J connectivity index is 3.22. The van der Waals surface area contributed by atoms with Gasteiger partial charge in [0.1, 0.15) is 16.4 Å². The zero-order valence-corrected chi connectivity index (χ0v) is 14.1. The summed E-state index contributed by atoms with van der Waals surface area (Å²) in [6, 6.07) is 4.51. The lowest BCUT2D eigenvalue weighted by molar-refractivity contribution is -0.121. The minimum absolute atomic E-state index is 0.0273. The molecule has 1 rings (SSSR count). The molecule has 0 saturated heterocycles. The summed E-state index contributed by atoms with van der Waals surface area (Å²) in [5.41, 5.74) is 0. The number of likely N-dealkylation sites (N-methyl/N-ethyl adjacent to an activating group) is 2. The number of hydrogen-bond donors (Lipinski definition) is 1. The molecule has 0 unspecified atom stereocenters. The minimum atomic E-state index is -3.87. The summed E-state index contributed by atoms with van der Waals surface area (Å²) in [5, 5.41) is 2.58. The first-order valence-corrected chi connectivity index (χ1v) is 8.33. The van der Waals surface area contributed by atoms with Gasteiger partial charge in [-0.1, -0.05) is 6.92 Å². The van der Waals surface area contributed by atoms with Crippen molar-refractivity contribution in [3.63, 3.8) is 0 Å². The summed E-state index contributed by atoms with van der Waals surface area (Å²) in [4.78, 5) is 11.7. The van der Waals surface area contributed by atoms with E-state index in [4.69, 9.17) is 9.47 Å². The lowest BCUT2D eigenvalue weighted by Gasteiger charge is -2.21. The fourth-order valence-electron chi connectivity index (χ4n) is 1.90. The molecule has 1 aromatic rings. The highest BCUT2D eigenvalue weighted by atomic mass is 32.2. The van der Waals surface area contributed by atoms with Gasteiger partial charge in [0.05, 0.1) is 20.8 Å². The molecule has 0 saturated carbocycles. The molecule has 1 aromatic carbocycles. The van der Waals surface area contributed by atoms with Crippen LogP contribution in [0.15, 0.2) is 23.1 Å². The van der Waals surface area contributed by atoms with E-state index in [-0.39, 0.29) is 29.6 Å². The molecule has 1 amide bonds. The lowest BCUT2D eigenvalue weighted by atomic mass is 10.3. The molecular weight excluding hydrogens is 308 g/mol. The molecule has 0 radical (unpaired) electrons. The Morgan fingerprint density at radius 3 is 2.41 bits per heavy atom. The second kappa shape index (κ2) is 8.00. The number of ether oxygens (including phenoxy) is 2. The van der Waals surface area contributed by atoms with Crippen molar-refractivity contribution in [2.75, 3.05) is 33.9 Å². The van der Waals surface area contributed by atoms with E-state index in [9.17, 15) is 13.2 Å². The van der Waals surface area contributed by atoms with E-state index in [1.165, 1.54) is 26.4 Å². The Labute approximate surface area is 131 Å². The van der Waals surface area contributed by atoms with E-state index in [0.717, 1.165) is 4.31 Å². The maximum Gasteiger partial charge on any atom is 0.247 e. The van der Waals surface area contributed by atoms with Crippen LogP contribution in [0.25, 0.3) is 0 Å². The average molecular weight is 330 g/mol. The van der Waals surface area contributed by atoms with Gasteiger partial charge >= 0.3 is 0 Å². The standard InChI is InChI=1S/C14H22N2O5S/c1-5-15-14(17)10-16(6-2)22(18,19)13-9-11(20-3)7-8-12(13)21-4/h7-9H,5-6,10H2,1-4H3,(H,15,17). The number of rotatable bonds is 8. The van der Waals surface area contributed by atoms with Crippen LogP contribution in [0.3, 0.4) is 0 Å². The number of carbonyl (C=O) groups is 1. The van der Waals surface area contributed by atoms with E-state index >= 15 is 0 Å². The summed E-state index contributed by atoms with van der Waals surface area (Å²) in [6.07, 6.45) is 0. The van der Waals surface area contributed by atoms with Crippen molar-refractivity contribution in [3.8, 4) is 11.5 Å². The molecule has 0 heterocycles. The van der Waals surface area contributed by atoms with Gasteiger partial charge in [-0.05, 0) is 19.1 Å². The van der Waals surface area contributed by atoms with Crippen LogP contribution in [0.4, 0.5) is 0 Å². The van der Waals surface area contributed by atoms with Crippen molar-refractivity contribution < 1.29 is 22.7 Å². The van der Waals surface area contributed by atoms with Crippen molar-refractivity contribution in [1.82, 2.24) is 9.62 Å². The van der Waals surface area contributed by atoms with Crippen LogP contribution in [0, 0.1) is 0 Å². The molecular formula is C14H22N2O5S. The van der Waals surface area contributed by atoms with Gasteiger partial charge in [0.25, 0.3) is 0 Å². The Morgan fingerprint density at radius 2 is 1.91 bits per heavy atom. The highest BCUT2D eigenvalue weighted by Gasteiger charge is 2.28. The Kier molecular flexibility index (Phi) is 6.63. The van der Waals surface area contributed by atoms with Gasteiger partial charge in [0.2, 0.25) is 15.9 Å². The zero-order valence-electron chi connectivity index (χ0n) is 13.3. The Morgan fingerprint density at radius 1 is 1.23 bits per heavy atom. The first kappa shape index (κ1) is 18.2. The third kappa shape index (κ3) is 4.11. The number of nitrogens with one attached hydrogen (secondary N) is 1. The second-order valence-electron chi connectivity index (χ2n) is 4.40. The Bertz CT molecular complexity index is 616. The highest BCUT2D eigenvalue weighted by molar-refractivity contribution is 7.89. The summed E-state index contributed by atoms with van der Waals surface area (Å²) in [5.74, 6) is 0.248. The van der Waals surface area contributed by atoms with Crippen molar-refractivity contribution in [2.45, 2.75) is 18.7 Å². The molecule has 0 fully saturated rings. The average Bonchev–Trinajstić information content (AvgIpc) is 2.51. The molecule has 1 N–H and O–H groups in total. The van der Waals surface area contributed by atoms with Gasteiger partial charge in [-0.3, -0.25) is 4.79 Å². The largest absolute Gasteiger partial charge is 0.497 e. The van der Waals surface area contributed by atoms with Crippen LogP contribution < -0.4 is 14.8 Å². The number of methoxy groups -OCH3 is 2. The summed E-state index contributed by atoms with van der Waals surface area (Å²) >= 11 is 0. The maximum atomic E-state index is 12.8. The molecule has 0 aliphatic carbocycles. The number of amides is 1. The summed E-state index contributed by atoms with van der Waals surface area (Å²) < 4.78 is 36.8. The van der Waals surface area contributed by atoms with E-state index in [2.05, 4.69) is 5.32 Å². The fraction of sp³-hybridized carbons (Fsp3) is 0.500. The van der Waals surface area contributed by atoms with Gasteiger partial charge < -0.3 is 14.8 Å². The molecule has 0 aliphatic heterocycles. The van der Waals surface area contributed by atoms with Crippen LogP contribution >= 0.6 is 0 Å². The fourth-order valence-corrected chi connectivity index (χ4v) is 3.48. The van der Waals surface area contributed by atoms with Crippen molar-refractivity contribution >= 4 is 15.9 Å². The summed E-state index contributed by atoms with van der Waals surface area (Å²) in [6.45, 7) is 3.81. The van der Waals surface area contributed by atoms with Crippen molar-refractivity contribution in [3.05, 3.63) is 18.2 Å². The summed E-state index contributed by atoms with van der Waals surface area (Å²) in [7, 11) is -1.03. The first-order chi connectivity index (χ1) is 10.4. The van der Waals surface area contributed by atoms with E-state index in [0.29, 0.717) is 12.3 Å². The third-order valence-corrected chi connectivity index (χ3v) is 4.98. The van der Waals surface area contributed by atoms with Crippen LogP contribution in [-0.2, 0) is 14.8 Å².